The van der Waals surface area contributed by atoms with Crippen molar-refractivity contribution >= 4 is 10.9 Å². The topological polar surface area (TPSA) is 30.7 Å². The summed E-state index contributed by atoms with van der Waals surface area (Å²) in [6.07, 6.45) is 5.52. The van der Waals surface area contributed by atoms with Gasteiger partial charge < -0.3 is 4.57 Å². The minimum absolute atomic E-state index is 1.01. The number of hydrogen-bond donors (Lipinski definition) is 0. The number of imidazole rings is 1. The second-order valence-corrected chi connectivity index (χ2v) is 5.36. The second kappa shape index (κ2) is 5.11. The zero-order valence-corrected chi connectivity index (χ0v) is 12.3. The van der Waals surface area contributed by atoms with Crippen molar-refractivity contribution in [1.82, 2.24) is 14.5 Å². The SMILES string of the molecule is Cc1cc(-c2ccc(-n3ccnc3)cc2)nc2ccccc12. The van der Waals surface area contributed by atoms with Crippen LogP contribution < -0.4 is 0 Å². The first-order chi connectivity index (χ1) is 10.8. The lowest BCUT2D eigenvalue weighted by atomic mass is 10.0. The normalized spacial score (nSPS) is 11.0. The van der Waals surface area contributed by atoms with E-state index in [4.69, 9.17) is 4.98 Å². The van der Waals surface area contributed by atoms with Gasteiger partial charge in [0.1, 0.15) is 0 Å². The highest BCUT2D eigenvalue weighted by Crippen LogP contribution is 2.25. The summed E-state index contributed by atoms with van der Waals surface area (Å²) in [6.45, 7) is 2.13. The van der Waals surface area contributed by atoms with Crippen LogP contribution in [0.3, 0.4) is 0 Å². The summed E-state index contributed by atoms with van der Waals surface area (Å²) in [7, 11) is 0. The van der Waals surface area contributed by atoms with Gasteiger partial charge >= 0.3 is 0 Å². The van der Waals surface area contributed by atoms with Crippen LogP contribution in [-0.4, -0.2) is 14.5 Å². The first-order valence-electron chi connectivity index (χ1n) is 7.26. The Labute approximate surface area is 128 Å². The highest BCUT2D eigenvalue weighted by atomic mass is 15.0. The van der Waals surface area contributed by atoms with Gasteiger partial charge in [-0.15, -0.1) is 0 Å². The molecule has 0 saturated heterocycles. The molecule has 2 aromatic heterocycles. The van der Waals surface area contributed by atoms with Gasteiger partial charge in [-0.3, -0.25) is 0 Å². The Hall–Kier alpha value is -2.94. The largest absolute Gasteiger partial charge is 0.306 e. The summed E-state index contributed by atoms with van der Waals surface area (Å²) < 4.78 is 1.99. The summed E-state index contributed by atoms with van der Waals surface area (Å²) in [4.78, 5) is 8.86. The molecule has 0 aliphatic heterocycles. The summed E-state index contributed by atoms with van der Waals surface area (Å²) >= 11 is 0. The first kappa shape index (κ1) is 12.8. The fraction of sp³-hybridized carbons (Fsp3) is 0.0526. The molecule has 0 radical (unpaired) electrons. The number of pyridine rings is 1. The average molecular weight is 285 g/mol. The van der Waals surface area contributed by atoms with Crippen LogP contribution in [0.5, 0.6) is 0 Å². The third-order valence-electron chi connectivity index (χ3n) is 3.89. The molecule has 0 amide bonds. The minimum Gasteiger partial charge on any atom is -0.306 e. The summed E-state index contributed by atoms with van der Waals surface area (Å²) in [6, 6.07) is 18.8. The van der Waals surface area contributed by atoms with E-state index in [1.807, 2.05) is 16.8 Å². The van der Waals surface area contributed by atoms with Crippen LogP contribution in [0.25, 0.3) is 27.8 Å². The van der Waals surface area contributed by atoms with Gasteiger partial charge in [-0.1, -0.05) is 30.3 Å². The fourth-order valence-corrected chi connectivity index (χ4v) is 2.71. The van der Waals surface area contributed by atoms with Crippen LogP contribution >= 0.6 is 0 Å². The first-order valence-corrected chi connectivity index (χ1v) is 7.26. The lowest BCUT2D eigenvalue weighted by Gasteiger charge is -2.08. The number of fused-ring (bicyclic) bond motifs is 1. The van der Waals surface area contributed by atoms with Gasteiger partial charge in [0.15, 0.2) is 0 Å². The van der Waals surface area contributed by atoms with Crippen LogP contribution in [0.4, 0.5) is 0 Å². The van der Waals surface area contributed by atoms with Crippen molar-refractivity contribution in [1.29, 1.82) is 0 Å². The molecule has 0 atom stereocenters. The zero-order chi connectivity index (χ0) is 14.9. The van der Waals surface area contributed by atoms with Crippen LogP contribution in [0.2, 0.25) is 0 Å². The van der Waals surface area contributed by atoms with Gasteiger partial charge in [0.25, 0.3) is 0 Å². The van der Waals surface area contributed by atoms with E-state index in [9.17, 15) is 0 Å². The van der Waals surface area contributed by atoms with Crippen LogP contribution in [0.1, 0.15) is 5.56 Å². The molecule has 2 aromatic carbocycles. The van der Waals surface area contributed by atoms with Gasteiger partial charge in [0.2, 0.25) is 0 Å². The number of hydrogen-bond acceptors (Lipinski definition) is 2. The molecule has 0 fully saturated rings. The molecule has 0 bridgehead atoms. The molecule has 0 aliphatic rings. The van der Waals surface area contributed by atoms with E-state index in [1.165, 1.54) is 10.9 Å². The molecule has 0 N–H and O–H groups in total. The van der Waals surface area contributed by atoms with E-state index in [1.54, 1.807) is 12.5 Å². The lowest BCUT2D eigenvalue weighted by molar-refractivity contribution is 1.06. The number of benzene rings is 2. The molecule has 2 heterocycles. The van der Waals surface area contributed by atoms with E-state index in [0.717, 1.165) is 22.5 Å². The quantitative estimate of drug-likeness (QED) is 0.546. The van der Waals surface area contributed by atoms with Crippen LogP contribution in [0.15, 0.2) is 73.3 Å². The minimum atomic E-state index is 1.01. The monoisotopic (exact) mass is 285 g/mol. The van der Waals surface area contributed by atoms with Gasteiger partial charge in [-0.25, -0.2) is 9.97 Å². The molecule has 4 rings (SSSR count). The Bertz CT molecular complexity index is 923. The molecule has 3 nitrogen and oxygen atoms in total. The van der Waals surface area contributed by atoms with Gasteiger partial charge in [0.05, 0.1) is 17.5 Å². The van der Waals surface area contributed by atoms with Crippen molar-refractivity contribution in [3.8, 4) is 16.9 Å². The molecular weight excluding hydrogens is 270 g/mol. The van der Waals surface area contributed by atoms with Gasteiger partial charge in [-0.2, -0.15) is 0 Å². The smallest absolute Gasteiger partial charge is 0.0991 e. The van der Waals surface area contributed by atoms with E-state index in [2.05, 4.69) is 60.4 Å². The van der Waals surface area contributed by atoms with Crippen LogP contribution in [0, 0.1) is 6.92 Å². The third kappa shape index (κ3) is 2.17. The summed E-state index contributed by atoms with van der Waals surface area (Å²) in [5, 5.41) is 1.21. The van der Waals surface area contributed by atoms with Crippen molar-refractivity contribution in [3.63, 3.8) is 0 Å². The molecule has 0 unspecified atom stereocenters. The predicted octanol–water partition coefficient (Wildman–Crippen LogP) is 4.40. The maximum Gasteiger partial charge on any atom is 0.0991 e. The maximum absolute atomic E-state index is 4.78. The van der Waals surface area contributed by atoms with E-state index in [0.29, 0.717) is 0 Å². The average Bonchev–Trinajstić information content (AvgIpc) is 3.09. The van der Waals surface area contributed by atoms with Crippen molar-refractivity contribution in [2.24, 2.45) is 0 Å². The highest BCUT2D eigenvalue weighted by Gasteiger charge is 2.05. The highest BCUT2D eigenvalue weighted by molar-refractivity contribution is 5.84. The Morgan fingerprint density at radius 1 is 0.955 bits per heavy atom. The molecule has 3 heteroatoms. The molecule has 0 spiro atoms. The lowest BCUT2D eigenvalue weighted by Crippen LogP contribution is -1.91. The van der Waals surface area contributed by atoms with E-state index in [-0.39, 0.29) is 0 Å². The number of aromatic nitrogens is 3. The molecule has 106 valence electrons. The van der Waals surface area contributed by atoms with Crippen LogP contribution in [-0.2, 0) is 0 Å². The third-order valence-corrected chi connectivity index (χ3v) is 3.89. The Kier molecular flexibility index (Phi) is 2.97. The Morgan fingerprint density at radius 3 is 2.55 bits per heavy atom. The summed E-state index contributed by atoms with van der Waals surface area (Å²) in [5.41, 5.74) is 5.51. The number of para-hydroxylation sites is 1. The molecule has 4 aromatic rings. The number of nitrogens with zero attached hydrogens (tertiary/aromatic N) is 3. The predicted molar refractivity (Wildman–Crippen MR) is 89.0 cm³/mol. The van der Waals surface area contributed by atoms with E-state index >= 15 is 0 Å². The Balaban J connectivity index is 1.78. The second-order valence-electron chi connectivity index (χ2n) is 5.36. The van der Waals surface area contributed by atoms with Crippen molar-refractivity contribution in [2.75, 3.05) is 0 Å². The molecule has 22 heavy (non-hydrogen) atoms. The standard InChI is InChI=1S/C19H15N3/c1-14-12-19(21-18-5-3-2-4-17(14)18)15-6-8-16(9-7-15)22-11-10-20-13-22/h2-13H,1H3. The van der Waals surface area contributed by atoms with Crippen molar-refractivity contribution < 1.29 is 0 Å². The molecule has 0 aliphatic carbocycles. The fourth-order valence-electron chi connectivity index (χ4n) is 2.71. The van der Waals surface area contributed by atoms with Gasteiger partial charge in [-0.05, 0) is 36.8 Å². The maximum atomic E-state index is 4.78. The zero-order valence-electron chi connectivity index (χ0n) is 12.3. The van der Waals surface area contributed by atoms with Crippen molar-refractivity contribution in [2.45, 2.75) is 6.92 Å². The Morgan fingerprint density at radius 2 is 1.77 bits per heavy atom. The van der Waals surface area contributed by atoms with Crippen molar-refractivity contribution in [3.05, 3.63) is 78.9 Å². The molecular formula is C19H15N3. The molecule has 0 saturated carbocycles. The summed E-state index contributed by atoms with van der Waals surface area (Å²) in [5.74, 6) is 0. The van der Waals surface area contributed by atoms with E-state index < -0.39 is 0 Å². The van der Waals surface area contributed by atoms with Gasteiger partial charge in [0, 0.05) is 29.0 Å². The number of rotatable bonds is 2. The number of aryl methyl sites for hydroxylation is 1.